The van der Waals surface area contributed by atoms with Crippen LogP contribution < -0.4 is 28.9 Å². The molecular formula is C32H32N4O7. The molecule has 11 heteroatoms. The van der Waals surface area contributed by atoms with Gasteiger partial charge in [-0.2, -0.15) is 0 Å². The van der Waals surface area contributed by atoms with Crippen molar-refractivity contribution < 1.29 is 33.4 Å². The molecule has 0 aliphatic carbocycles. The highest BCUT2D eigenvalue weighted by atomic mass is 16.7. The van der Waals surface area contributed by atoms with Gasteiger partial charge in [0.05, 0.1) is 22.6 Å². The van der Waals surface area contributed by atoms with Gasteiger partial charge in [0.2, 0.25) is 0 Å². The van der Waals surface area contributed by atoms with Crippen LogP contribution in [0.1, 0.15) is 48.3 Å². The number of hydrogen-bond acceptors (Lipinski definition) is 10. The molecule has 4 aliphatic heterocycles. The summed E-state index contributed by atoms with van der Waals surface area (Å²) in [7, 11) is 9.88. The Kier molecular flexibility index (Phi) is 6.15. The van der Waals surface area contributed by atoms with Crippen molar-refractivity contribution in [2.24, 2.45) is 0 Å². The summed E-state index contributed by atoms with van der Waals surface area (Å²) in [5, 5.41) is 0.585. The molecule has 3 aromatic rings. The predicted molar refractivity (Wildman–Crippen MR) is 159 cm³/mol. The van der Waals surface area contributed by atoms with E-state index >= 15 is 0 Å². The molecule has 0 spiro atoms. The number of carbonyl (C=O) groups excluding carboxylic acids is 3. The van der Waals surface area contributed by atoms with E-state index in [2.05, 4.69) is 12.1 Å². The Morgan fingerprint density at radius 3 is 1.51 bits per heavy atom. The molecule has 0 radical (unpaired) electrons. The third-order valence-electron chi connectivity index (χ3n) is 8.34. The summed E-state index contributed by atoms with van der Waals surface area (Å²) in [5.41, 5.74) is 5.73. The van der Waals surface area contributed by atoms with Gasteiger partial charge in [0.25, 0.3) is 11.8 Å². The molecule has 43 heavy (non-hydrogen) atoms. The standard InChI is InChI=1S/C32H32N4O7/c1-33(2)17-11-20-29-22(13-17)41-24-15-19(35(5)10-6-7-28(39)43-36-26(37)8-9-27(36)38)16-25-31(24)32(29)30-21(40-20)12-18(34(3)4)14-23(30)42-25/h11-16,32H,6-10H2,1-5H3. The maximum Gasteiger partial charge on any atom is 0.333 e. The van der Waals surface area contributed by atoms with Gasteiger partial charge in [-0.3, -0.25) is 9.59 Å². The van der Waals surface area contributed by atoms with Crippen molar-refractivity contribution in [3.8, 4) is 34.5 Å². The topological polar surface area (TPSA) is 101 Å². The van der Waals surface area contributed by atoms with Crippen molar-refractivity contribution >= 4 is 34.8 Å². The van der Waals surface area contributed by atoms with E-state index in [-0.39, 0.29) is 25.2 Å². The minimum Gasteiger partial charge on any atom is -0.456 e. The molecule has 7 rings (SSSR count). The van der Waals surface area contributed by atoms with Gasteiger partial charge in [-0.1, -0.05) is 0 Å². The summed E-state index contributed by atoms with van der Waals surface area (Å²) in [6, 6.07) is 12.2. The maximum absolute atomic E-state index is 12.3. The Bertz CT molecular complexity index is 1610. The van der Waals surface area contributed by atoms with Crippen molar-refractivity contribution in [3.63, 3.8) is 0 Å². The smallest absolute Gasteiger partial charge is 0.333 e. The first-order valence-corrected chi connectivity index (χ1v) is 14.3. The second-order valence-electron chi connectivity index (χ2n) is 11.7. The molecule has 0 unspecified atom stereocenters. The van der Waals surface area contributed by atoms with Gasteiger partial charge < -0.3 is 33.7 Å². The zero-order valence-corrected chi connectivity index (χ0v) is 24.7. The Labute approximate surface area is 249 Å². The predicted octanol–water partition coefficient (Wildman–Crippen LogP) is 5.14. The summed E-state index contributed by atoms with van der Waals surface area (Å²) in [6.07, 6.45) is 0.647. The Hall–Kier alpha value is -4.93. The van der Waals surface area contributed by atoms with E-state index in [1.807, 2.05) is 74.2 Å². The monoisotopic (exact) mass is 584 g/mol. The summed E-state index contributed by atoms with van der Waals surface area (Å²) >= 11 is 0. The highest BCUT2D eigenvalue weighted by Gasteiger charge is 2.44. The molecule has 0 atom stereocenters. The average Bonchev–Trinajstić information content (AvgIpc) is 3.28. The third-order valence-corrected chi connectivity index (χ3v) is 8.34. The molecule has 0 bridgehead atoms. The fraction of sp³-hybridized carbons (Fsp3) is 0.344. The molecule has 2 amide bonds. The summed E-state index contributed by atoms with van der Waals surface area (Å²) < 4.78 is 19.6. The lowest BCUT2D eigenvalue weighted by Gasteiger charge is -2.40. The van der Waals surface area contributed by atoms with Crippen molar-refractivity contribution in [1.82, 2.24) is 5.06 Å². The van der Waals surface area contributed by atoms with E-state index < -0.39 is 17.8 Å². The summed E-state index contributed by atoms with van der Waals surface area (Å²) in [5.74, 6) is 2.75. The van der Waals surface area contributed by atoms with Crippen LogP contribution in [-0.4, -0.2) is 64.6 Å². The molecule has 11 nitrogen and oxygen atoms in total. The number of hydroxylamine groups is 2. The second-order valence-corrected chi connectivity index (χ2v) is 11.7. The van der Waals surface area contributed by atoms with Crippen LogP contribution in [-0.2, 0) is 19.2 Å². The molecule has 0 aromatic heterocycles. The molecule has 4 aliphatic rings. The van der Waals surface area contributed by atoms with Gasteiger partial charge in [0.15, 0.2) is 0 Å². The Morgan fingerprint density at radius 2 is 1.12 bits per heavy atom. The van der Waals surface area contributed by atoms with Crippen LogP contribution in [0.25, 0.3) is 0 Å². The van der Waals surface area contributed by atoms with Gasteiger partial charge in [0, 0.05) is 115 Å². The summed E-state index contributed by atoms with van der Waals surface area (Å²) in [6.45, 7) is 0.517. The number of anilines is 3. The average molecular weight is 585 g/mol. The molecule has 1 fully saturated rings. The van der Waals surface area contributed by atoms with E-state index in [4.69, 9.17) is 19.0 Å². The lowest BCUT2D eigenvalue weighted by Crippen LogP contribution is -2.32. The number of amides is 2. The quantitative estimate of drug-likeness (QED) is 0.224. The van der Waals surface area contributed by atoms with Crippen LogP contribution in [0.15, 0.2) is 36.4 Å². The van der Waals surface area contributed by atoms with Crippen LogP contribution in [0.5, 0.6) is 34.5 Å². The zero-order valence-electron chi connectivity index (χ0n) is 24.7. The first-order valence-electron chi connectivity index (χ1n) is 14.3. The van der Waals surface area contributed by atoms with Crippen LogP contribution >= 0.6 is 0 Å². The molecule has 3 aromatic carbocycles. The second kappa shape index (κ2) is 9.82. The fourth-order valence-electron chi connectivity index (χ4n) is 6.04. The van der Waals surface area contributed by atoms with E-state index in [1.165, 1.54) is 0 Å². The lowest BCUT2D eigenvalue weighted by atomic mass is 9.77. The first-order chi connectivity index (χ1) is 20.6. The minimum absolute atomic E-state index is 0.0567. The third kappa shape index (κ3) is 4.38. The SMILES string of the molecule is CN(C)c1cc2c3c(c1)Oc1cc(N(C)CCCC(=O)ON4C(=O)CCC4=O)cc4c1C3c1c(cc(N(C)C)cc1O4)O2. The highest BCUT2D eigenvalue weighted by Crippen LogP contribution is 2.64. The summed E-state index contributed by atoms with van der Waals surface area (Å²) in [4.78, 5) is 46.9. The first kappa shape index (κ1) is 26.9. The van der Waals surface area contributed by atoms with E-state index in [0.29, 0.717) is 29.5 Å². The van der Waals surface area contributed by atoms with Crippen LogP contribution in [0.3, 0.4) is 0 Å². The van der Waals surface area contributed by atoms with Gasteiger partial charge in [0.1, 0.15) is 34.5 Å². The largest absolute Gasteiger partial charge is 0.456 e. The number of hydrogen-bond donors (Lipinski definition) is 0. The number of ether oxygens (including phenoxy) is 3. The zero-order chi connectivity index (χ0) is 30.2. The van der Waals surface area contributed by atoms with Gasteiger partial charge in [-0.25, -0.2) is 4.79 Å². The number of benzene rings is 3. The van der Waals surface area contributed by atoms with Crippen LogP contribution in [0, 0.1) is 0 Å². The Balaban J connectivity index is 1.20. The normalized spacial score (nSPS) is 15.3. The van der Waals surface area contributed by atoms with Crippen molar-refractivity contribution in [2.75, 3.05) is 56.5 Å². The Morgan fingerprint density at radius 1 is 0.721 bits per heavy atom. The van der Waals surface area contributed by atoms with Crippen LogP contribution in [0.2, 0.25) is 0 Å². The molecule has 1 saturated heterocycles. The molecule has 0 N–H and O–H groups in total. The van der Waals surface area contributed by atoms with Gasteiger partial charge in [-0.15, -0.1) is 5.06 Å². The number of carbonyl (C=O) groups is 3. The fourth-order valence-corrected chi connectivity index (χ4v) is 6.04. The van der Waals surface area contributed by atoms with E-state index in [9.17, 15) is 14.4 Å². The van der Waals surface area contributed by atoms with Crippen molar-refractivity contribution in [2.45, 2.75) is 31.6 Å². The number of rotatable bonds is 8. The molecule has 222 valence electrons. The van der Waals surface area contributed by atoms with E-state index in [0.717, 1.165) is 56.8 Å². The highest BCUT2D eigenvalue weighted by molar-refractivity contribution is 6.01. The van der Waals surface area contributed by atoms with Gasteiger partial charge in [-0.05, 0) is 6.42 Å². The maximum atomic E-state index is 12.3. The van der Waals surface area contributed by atoms with Crippen molar-refractivity contribution in [3.05, 3.63) is 53.1 Å². The minimum atomic E-state index is -0.614. The number of nitrogens with zero attached hydrogens (tertiary/aromatic N) is 4. The molecular weight excluding hydrogens is 552 g/mol. The van der Waals surface area contributed by atoms with Crippen molar-refractivity contribution in [1.29, 1.82) is 0 Å². The number of imide groups is 1. The molecule has 0 saturated carbocycles. The van der Waals surface area contributed by atoms with Crippen LogP contribution in [0.4, 0.5) is 17.1 Å². The lowest BCUT2D eigenvalue weighted by molar-refractivity contribution is -0.197. The van der Waals surface area contributed by atoms with Gasteiger partial charge >= 0.3 is 5.97 Å². The van der Waals surface area contributed by atoms with E-state index in [1.54, 1.807) is 0 Å². The molecule has 4 heterocycles.